The van der Waals surface area contributed by atoms with Crippen molar-refractivity contribution in [3.63, 3.8) is 0 Å². The first-order valence-corrected chi connectivity index (χ1v) is 10.3. The van der Waals surface area contributed by atoms with Crippen LogP contribution >= 0.6 is 0 Å². The van der Waals surface area contributed by atoms with Gasteiger partial charge in [-0.2, -0.15) is 10.2 Å². The summed E-state index contributed by atoms with van der Waals surface area (Å²) in [5.74, 6) is 0. The lowest BCUT2D eigenvalue weighted by atomic mass is 9.82. The molecule has 0 aromatic carbocycles. The van der Waals surface area contributed by atoms with Crippen molar-refractivity contribution in [3.8, 4) is 11.3 Å². The topological polar surface area (TPSA) is 72.4 Å². The van der Waals surface area contributed by atoms with Gasteiger partial charge in [0.2, 0.25) is 0 Å². The van der Waals surface area contributed by atoms with Gasteiger partial charge in [0.15, 0.2) is 0 Å². The van der Waals surface area contributed by atoms with Crippen LogP contribution in [0, 0.1) is 0 Å². The van der Waals surface area contributed by atoms with Crippen molar-refractivity contribution in [1.82, 2.24) is 19.4 Å². The molecule has 3 aromatic heterocycles. The summed E-state index contributed by atoms with van der Waals surface area (Å²) >= 11 is 0. The molecule has 3 heterocycles. The molecular weight excluding hydrogens is 352 g/mol. The number of aromatic nitrogens is 4. The monoisotopic (exact) mass is 380 g/mol. The maximum Gasteiger partial charge on any atom is 0.267 e. The van der Waals surface area contributed by atoms with Gasteiger partial charge >= 0.3 is 0 Å². The lowest BCUT2D eigenvalue weighted by molar-refractivity contribution is 0.00578. The van der Waals surface area contributed by atoms with Crippen LogP contribution in [0.2, 0.25) is 0 Å². The molecule has 1 fully saturated rings. The van der Waals surface area contributed by atoms with E-state index >= 15 is 0 Å². The lowest BCUT2D eigenvalue weighted by Crippen LogP contribution is -2.29. The van der Waals surface area contributed by atoms with Gasteiger partial charge < -0.3 is 5.11 Å². The van der Waals surface area contributed by atoms with Crippen molar-refractivity contribution in [2.45, 2.75) is 70.4 Å². The van der Waals surface area contributed by atoms with Crippen LogP contribution in [0.3, 0.4) is 0 Å². The number of fused-ring (bicyclic) bond motifs is 1. The van der Waals surface area contributed by atoms with Gasteiger partial charge in [-0.25, -0.2) is 9.20 Å². The summed E-state index contributed by atoms with van der Waals surface area (Å²) in [6, 6.07) is 9.15. The first kappa shape index (κ1) is 18.9. The SMILES string of the molecule is CC(C)n1nc(-c2c(C3(O)CCCCCCC3)nn3ccccc23)ccc1=O. The Morgan fingerprint density at radius 2 is 1.71 bits per heavy atom. The third-order valence-corrected chi connectivity index (χ3v) is 5.73. The van der Waals surface area contributed by atoms with Crippen LogP contribution in [0.15, 0.2) is 41.3 Å². The molecule has 0 aliphatic heterocycles. The second kappa shape index (κ2) is 7.51. The molecule has 0 atom stereocenters. The van der Waals surface area contributed by atoms with Crippen molar-refractivity contribution in [3.05, 3.63) is 52.6 Å². The zero-order chi connectivity index (χ0) is 19.7. The van der Waals surface area contributed by atoms with Crippen LogP contribution < -0.4 is 5.56 Å². The van der Waals surface area contributed by atoms with Crippen molar-refractivity contribution in [2.75, 3.05) is 0 Å². The summed E-state index contributed by atoms with van der Waals surface area (Å²) in [5.41, 5.74) is 2.00. The van der Waals surface area contributed by atoms with Gasteiger partial charge in [0.25, 0.3) is 5.56 Å². The van der Waals surface area contributed by atoms with Crippen LogP contribution in [0.1, 0.15) is 70.5 Å². The van der Waals surface area contributed by atoms with E-state index in [0.29, 0.717) is 24.2 Å². The molecule has 1 aliphatic rings. The zero-order valence-corrected chi connectivity index (χ0v) is 16.6. The summed E-state index contributed by atoms with van der Waals surface area (Å²) in [6.07, 6.45) is 8.79. The van der Waals surface area contributed by atoms with Gasteiger partial charge in [0, 0.05) is 12.3 Å². The molecule has 0 spiro atoms. The Labute approximate surface area is 164 Å². The Balaban J connectivity index is 1.94. The van der Waals surface area contributed by atoms with E-state index in [0.717, 1.165) is 36.8 Å². The molecule has 1 aliphatic carbocycles. The average Bonchev–Trinajstić information content (AvgIpc) is 3.05. The predicted molar refractivity (Wildman–Crippen MR) is 109 cm³/mol. The van der Waals surface area contributed by atoms with Crippen LogP contribution in [0.5, 0.6) is 0 Å². The van der Waals surface area contributed by atoms with Gasteiger partial charge in [-0.1, -0.05) is 38.2 Å². The van der Waals surface area contributed by atoms with Crippen LogP contribution in [0.25, 0.3) is 16.8 Å². The average molecular weight is 380 g/mol. The fourth-order valence-corrected chi connectivity index (χ4v) is 4.23. The molecule has 1 N–H and O–H groups in total. The second-order valence-electron chi connectivity index (χ2n) is 8.15. The van der Waals surface area contributed by atoms with Crippen molar-refractivity contribution >= 4 is 5.52 Å². The van der Waals surface area contributed by atoms with E-state index in [1.54, 1.807) is 12.1 Å². The Kier molecular flexibility index (Phi) is 5.06. The number of pyridine rings is 1. The highest BCUT2D eigenvalue weighted by Gasteiger charge is 2.36. The fraction of sp³-hybridized carbons (Fsp3) is 0.500. The predicted octanol–water partition coefficient (Wildman–Crippen LogP) is 4.07. The van der Waals surface area contributed by atoms with Gasteiger partial charge in [-0.3, -0.25) is 4.79 Å². The maximum absolute atomic E-state index is 12.2. The summed E-state index contributed by atoms with van der Waals surface area (Å²) in [7, 11) is 0. The molecule has 0 amide bonds. The van der Waals surface area contributed by atoms with E-state index in [1.807, 2.05) is 42.8 Å². The number of hydrogen-bond acceptors (Lipinski definition) is 4. The van der Waals surface area contributed by atoms with Crippen molar-refractivity contribution < 1.29 is 5.11 Å². The molecule has 4 rings (SSSR count). The van der Waals surface area contributed by atoms with Gasteiger partial charge in [-0.05, 0) is 44.9 Å². The molecule has 6 nitrogen and oxygen atoms in total. The summed E-state index contributed by atoms with van der Waals surface area (Å²) < 4.78 is 3.31. The Morgan fingerprint density at radius 1 is 1.00 bits per heavy atom. The minimum Gasteiger partial charge on any atom is -0.383 e. The molecule has 6 heteroatoms. The van der Waals surface area contributed by atoms with E-state index in [9.17, 15) is 9.90 Å². The number of aliphatic hydroxyl groups is 1. The van der Waals surface area contributed by atoms with E-state index in [2.05, 4.69) is 5.10 Å². The third kappa shape index (κ3) is 3.37. The Bertz CT molecular complexity index is 1030. The molecule has 148 valence electrons. The Morgan fingerprint density at radius 3 is 2.43 bits per heavy atom. The van der Waals surface area contributed by atoms with E-state index in [4.69, 9.17) is 5.10 Å². The highest BCUT2D eigenvalue weighted by molar-refractivity contribution is 5.81. The minimum absolute atomic E-state index is 0.0396. The molecule has 28 heavy (non-hydrogen) atoms. The first-order chi connectivity index (χ1) is 13.5. The van der Waals surface area contributed by atoms with E-state index < -0.39 is 5.60 Å². The van der Waals surface area contributed by atoms with E-state index in [1.165, 1.54) is 11.1 Å². The quantitative estimate of drug-likeness (QED) is 0.743. The standard InChI is InChI=1S/C22H28N4O2/c1-16(2)26-19(27)12-11-17(23-26)20-18-10-6-9-15-25(18)24-21(20)22(28)13-7-4-3-5-8-14-22/h6,9-12,15-16,28H,3-5,7-8,13-14H2,1-2H3. The molecular formula is C22H28N4O2. The molecule has 0 unspecified atom stereocenters. The minimum atomic E-state index is -0.970. The molecule has 0 bridgehead atoms. The maximum atomic E-state index is 12.2. The lowest BCUT2D eigenvalue weighted by Gasteiger charge is -2.29. The molecule has 1 saturated carbocycles. The van der Waals surface area contributed by atoms with Crippen LogP contribution in [-0.4, -0.2) is 24.5 Å². The Hall–Kier alpha value is -2.47. The first-order valence-electron chi connectivity index (χ1n) is 10.3. The van der Waals surface area contributed by atoms with Gasteiger partial charge in [0.05, 0.1) is 22.8 Å². The fourth-order valence-electron chi connectivity index (χ4n) is 4.23. The van der Waals surface area contributed by atoms with Crippen LogP contribution in [0.4, 0.5) is 0 Å². The smallest absolute Gasteiger partial charge is 0.267 e. The normalized spacial score (nSPS) is 17.6. The van der Waals surface area contributed by atoms with Gasteiger partial charge in [0.1, 0.15) is 11.3 Å². The summed E-state index contributed by atoms with van der Waals surface area (Å²) in [6.45, 7) is 3.88. The molecule has 0 radical (unpaired) electrons. The summed E-state index contributed by atoms with van der Waals surface area (Å²) in [4.78, 5) is 12.2. The van der Waals surface area contributed by atoms with Crippen LogP contribution in [-0.2, 0) is 5.60 Å². The van der Waals surface area contributed by atoms with E-state index in [-0.39, 0.29) is 11.6 Å². The number of nitrogens with zero attached hydrogens (tertiary/aromatic N) is 4. The molecule has 3 aromatic rings. The highest BCUT2D eigenvalue weighted by atomic mass is 16.3. The summed E-state index contributed by atoms with van der Waals surface area (Å²) in [5, 5.41) is 21.1. The van der Waals surface area contributed by atoms with Crippen molar-refractivity contribution in [2.24, 2.45) is 0 Å². The van der Waals surface area contributed by atoms with Gasteiger partial charge in [-0.15, -0.1) is 0 Å². The second-order valence-corrected chi connectivity index (χ2v) is 8.15. The highest BCUT2D eigenvalue weighted by Crippen LogP contribution is 2.40. The number of rotatable bonds is 3. The largest absolute Gasteiger partial charge is 0.383 e. The zero-order valence-electron chi connectivity index (χ0n) is 16.6. The number of hydrogen-bond donors (Lipinski definition) is 1. The van der Waals surface area contributed by atoms with Crippen molar-refractivity contribution in [1.29, 1.82) is 0 Å². The third-order valence-electron chi connectivity index (χ3n) is 5.73. The molecule has 0 saturated heterocycles.